The standard InChI is InChI=1S/C22H19N3O4/c1-16-6-2-4-8-20(16)22(26)24-23-14-18-7-3-5-9-21(18)29-15-17-10-12-19(13-11-17)25(27)28/h2-14H,15H2,1H3,(H,24,26)/b23-14+. The number of nitro benzene ring substituents is 1. The Kier molecular flexibility index (Phi) is 6.32. The van der Waals surface area contributed by atoms with E-state index in [0.717, 1.165) is 11.1 Å². The largest absolute Gasteiger partial charge is 0.488 e. The van der Waals surface area contributed by atoms with Gasteiger partial charge in [0.25, 0.3) is 11.6 Å². The molecule has 0 aliphatic rings. The minimum Gasteiger partial charge on any atom is -0.488 e. The molecular weight excluding hydrogens is 370 g/mol. The summed E-state index contributed by atoms with van der Waals surface area (Å²) in [4.78, 5) is 22.5. The minimum absolute atomic E-state index is 0.0330. The highest BCUT2D eigenvalue weighted by molar-refractivity contribution is 5.96. The normalized spacial score (nSPS) is 10.7. The fourth-order valence-electron chi connectivity index (χ4n) is 2.64. The van der Waals surface area contributed by atoms with E-state index in [2.05, 4.69) is 10.5 Å². The van der Waals surface area contributed by atoms with Crippen molar-refractivity contribution in [1.29, 1.82) is 0 Å². The molecule has 7 heteroatoms. The number of carbonyl (C=O) groups is 1. The lowest BCUT2D eigenvalue weighted by Gasteiger charge is -2.09. The number of non-ortho nitro benzene ring substituents is 1. The van der Waals surface area contributed by atoms with Crippen LogP contribution in [-0.4, -0.2) is 17.0 Å². The van der Waals surface area contributed by atoms with Crippen LogP contribution >= 0.6 is 0 Å². The summed E-state index contributed by atoms with van der Waals surface area (Å²) < 4.78 is 5.81. The van der Waals surface area contributed by atoms with Crippen LogP contribution in [0.3, 0.4) is 0 Å². The van der Waals surface area contributed by atoms with Crippen molar-refractivity contribution >= 4 is 17.8 Å². The van der Waals surface area contributed by atoms with Gasteiger partial charge in [0.05, 0.1) is 11.1 Å². The van der Waals surface area contributed by atoms with Crippen molar-refractivity contribution in [3.05, 3.63) is 105 Å². The number of ether oxygens (including phenoxy) is 1. The Bertz CT molecular complexity index is 1050. The number of amides is 1. The monoisotopic (exact) mass is 389 g/mol. The summed E-state index contributed by atoms with van der Waals surface area (Å²) in [5, 5.41) is 14.7. The predicted molar refractivity (Wildman–Crippen MR) is 110 cm³/mol. The molecule has 0 radical (unpaired) electrons. The number of nitro groups is 1. The second-order valence-electron chi connectivity index (χ2n) is 6.26. The number of aryl methyl sites for hydroxylation is 1. The van der Waals surface area contributed by atoms with Crippen LogP contribution in [0.15, 0.2) is 77.9 Å². The van der Waals surface area contributed by atoms with Gasteiger partial charge in [0.2, 0.25) is 0 Å². The van der Waals surface area contributed by atoms with E-state index in [1.54, 1.807) is 30.3 Å². The van der Waals surface area contributed by atoms with E-state index >= 15 is 0 Å². The highest BCUT2D eigenvalue weighted by Crippen LogP contribution is 2.19. The van der Waals surface area contributed by atoms with Crippen molar-refractivity contribution in [2.75, 3.05) is 0 Å². The first kappa shape index (κ1) is 19.8. The summed E-state index contributed by atoms with van der Waals surface area (Å²) in [6.45, 7) is 2.11. The Hall–Kier alpha value is -4.00. The van der Waals surface area contributed by atoms with Gasteiger partial charge in [-0.3, -0.25) is 14.9 Å². The predicted octanol–water partition coefficient (Wildman–Crippen LogP) is 4.25. The Labute approximate surface area is 167 Å². The zero-order valence-corrected chi connectivity index (χ0v) is 15.7. The highest BCUT2D eigenvalue weighted by Gasteiger charge is 2.08. The van der Waals surface area contributed by atoms with Gasteiger partial charge >= 0.3 is 0 Å². The van der Waals surface area contributed by atoms with Crippen molar-refractivity contribution in [1.82, 2.24) is 5.43 Å². The van der Waals surface area contributed by atoms with E-state index in [0.29, 0.717) is 16.9 Å². The summed E-state index contributed by atoms with van der Waals surface area (Å²) in [5.41, 5.74) is 5.48. The van der Waals surface area contributed by atoms with E-state index < -0.39 is 4.92 Å². The topological polar surface area (TPSA) is 93.8 Å². The molecule has 1 N–H and O–H groups in total. The van der Waals surface area contributed by atoms with Crippen LogP contribution in [0.5, 0.6) is 5.75 Å². The van der Waals surface area contributed by atoms with Crippen LogP contribution in [0.25, 0.3) is 0 Å². The van der Waals surface area contributed by atoms with Gasteiger partial charge in [-0.25, -0.2) is 5.43 Å². The Morgan fingerprint density at radius 1 is 1.07 bits per heavy atom. The second kappa shape index (κ2) is 9.27. The van der Waals surface area contributed by atoms with Crippen LogP contribution in [0.1, 0.15) is 27.0 Å². The lowest BCUT2D eigenvalue weighted by Crippen LogP contribution is -2.18. The van der Waals surface area contributed by atoms with Gasteiger partial charge in [0, 0.05) is 23.3 Å². The first-order valence-corrected chi connectivity index (χ1v) is 8.89. The molecule has 0 unspecified atom stereocenters. The third-order valence-electron chi connectivity index (χ3n) is 4.22. The van der Waals surface area contributed by atoms with Crippen molar-refractivity contribution in [2.45, 2.75) is 13.5 Å². The molecule has 1 amide bonds. The van der Waals surface area contributed by atoms with Crippen molar-refractivity contribution in [2.24, 2.45) is 5.10 Å². The Morgan fingerprint density at radius 2 is 1.76 bits per heavy atom. The molecule has 0 heterocycles. The van der Waals surface area contributed by atoms with E-state index in [4.69, 9.17) is 4.74 Å². The van der Waals surface area contributed by atoms with E-state index in [9.17, 15) is 14.9 Å². The van der Waals surface area contributed by atoms with E-state index in [1.165, 1.54) is 18.3 Å². The molecule has 0 saturated carbocycles. The summed E-state index contributed by atoms with van der Waals surface area (Å²) in [6.07, 6.45) is 1.52. The maximum Gasteiger partial charge on any atom is 0.271 e. The first-order chi connectivity index (χ1) is 14.0. The number of hydrogen-bond donors (Lipinski definition) is 1. The average molecular weight is 389 g/mol. The lowest BCUT2D eigenvalue weighted by molar-refractivity contribution is -0.384. The van der Waals surface area contributed by atoms with Crippen molar-refractivity contribution < 1.29 is 14.5 Å². The zero-order valence-electron chi connectivity index (χ0n) is 15.7. The molecule has 3 aromatic carbocycles. The Morgan fingerprint density at radius 3 is 2.48 bits per heavy atom. The van der Waals surface area contributed by atoms with Crippen LogP contribution < -0.4 is 10.2 Å². The molecule has 0 spiro atoms. The van der Waals surface area contributed by atoms with Crippen LogP contribution in [0, 0.1) is 17.0 Å². The minimum atomic E-state index is -0.443. The van der Waals surface area contributed by atoms with Gasteiger partial charge in [-0.1, -0.05) is 30.3 Å². The lowest BCUT2D eigenvalue weighted by atomic mass is 10.1. The number of benzene rings is 3. The third kappa shape index (κ3) is 5.26. The molecule has 3 aromatic rings. The fourth-order valence-corrected chi connectivity index (χ4v) is 2.64. The molecular formula is C22H19N3O4. The molecule has 0 aromatic heterocycles. The van der Waals surface area contributed by atoms with Crippen molar-refractivity contribution in [3.8, 4) is 5.75 Å². The molecule has 7 nitrogen and oxygen atoms in total. The maximum absolute atomic E-state index is 12.2. The van der Waals surface area contributed by atoms with Gasteiger partial charge in [0.15, 0.2) is 0 Å². The van der Waals surface area contributed by atoms with E-state index in [-0.39, 0.29) is 18.2 Å². The molecule has 0 aliphatic carbocycles. The van der Waals surface area contributed by atoms with Crippen molar-refractivity contribution in [3.63, 3.8) is 0 Å². The number of rotatable bonds is 7. The SMILES string of the molecule is Cc1ccccc1C(=O)N/N=C/c1ccccc1OCc1ccc([N+](=O)[O-])cc1. The third-order valence-corrected chi connectivity index (χ3v) is 4.22. The maximum atomic E-state index is 12.2. The Balaban J connectivity index is 1.64. The molecule has 0 aliphatic heterocycles. The molecule has 0 atom stereocenters. The highest BCUT2D eigenvalue weighted by atomic mass is 16.6. The van der Waals surface area contributed by atoms with Gasteiger partial charge in [-0.15, -0.1) is 0 Å². The van der Waals surface area contributed by atoms with Gasteiger partial charge in [-0.2, -0.15) is 5.10 Å². The summed E-state index contributed by atoms with van der Waals surface area (Å²) in [5.74, 6) is 0.295. The van der Waals surface area contributed by atoms with Crippen LogP contribution in [0.4, 0.5) is 5.69 Å². The van der Waals surface area contributed by atoms with Gasteiger partial charge < -0.3 is 4.74 Å². The number of hydrogen-bond acceptors (Lipinski definition) is 5. The second-order valence-corrected chi connectivity index (χ2v) is 6.26. The number of carbonyl (C=O) groups excluding carboxylic acids is 1. The molecule has 0 fully saturated rings. The molecule has 146 valence electrons. The number of para-hydroxylation sites is 1. The number of nitrogens with zero attached hydrogens (tertiary/aromatic N) is 2. The molecule has 3 rings (SSSR count). The van der Waals surface area contributed by atoms with Gasteiger partial charge in [-0.05, 0) is 48.4 Å². The smallest absolute Gasteiger partial charge is 0.271 e. The average Bonchev–Trinajstić information content (AvgIpc) is 2.73. The zero-order chi connectivity index (χ0) is 20.6. The van der Waals surface area contributed by atoms with Gasteiger partial charge in [0.1, 0.15) is 12.4 Å². The molecule has 0 saturated heterocycles. The van der Waals surface area contributed by atoms with Crippen LogP contribution in [0.2, 0.25) is 0 Å². The fraction of sp³-hybridized carbons (Fsp3) is 0.0909. The van der Waals surface area contributed by atoms with E-state index in [1.807, 2.05) is 37.3 Å². The summed E-state index contributed by atoms with van der Waals surface area (Å²) in [6, 6.07) is 20.7. The van der Waals surface area contributed by atoms with Crippen LogP contribution in [-0.2, 0) is 6.61 Å². The summed E-state index contributed by atoms with van der Waals surface area (Å²) >= 11 is 0. The first-order valence-electron chi connectivity index (χ1n) is 8.89. The number of nitrogens with one attached hydrogen (secondary N) is 1. The summed E-state index contributed by atoms with van der Waals surface area (Å²) in [7, 11) is 0. The molecule has 0 bridgehead atoms. The quantitative estimate of drug-likeness (QED) is 0.371. The molecule has 29 heavy (non-hydrogen) atoms. The number of hydrazone groups is 1.